The van der Waals surface area contributed by atoms with Crippen molar-refractivity contribution < 1.29 is 19.1 Å². The van der Waals surface area contributed by atoms with Gasteiger partial charge in [-0.15, -0.1) is 0 Å². The quantitative estimate of drug-likeness (QED) is 0.450. The molecule has 0 aromatic heterocycles. The van der Waals surface area contributed by atoms with Crippen molar-refractivity contribution in [2.75, 3.05) is 19.8 Å². The van der Waals surface area contributed by atoms with Gasteiger partial charge in [-0.05, 0) is 43.0 Å². The van der Waals surface area contributed by atoms with E-state index >= 15 is 0 Å². The van der Waals surface area contributed by atoms with E-state index in [1.54, 1.807) is 24.3 Å². The van der Waals surface area contributed by atoms with E-state index < -0.39 is 0 Å². The molecule has 0 fully saturated rings. The summed E-state index contributed by atoms with van der Waals surface area (Å²) in [6.45, 7) is 0.411. The van der Waals surface area contributed by atoms with E-state index in [9.17, 15) is 9.59 Å². The van der Waals surface area contributed by atoms with Crippen LogP contribution in [-0.2, 0) is 14.3 Å². The van der Waals surface area contributed by atoms with Crippen molar-refractivity contribution in [3.05, 3.63) is 41.4 Å². The number of benzene rings is 1. The molecule has 1 atom stereocenters. The Labute approximate surface area is 140 Å². The van der Waals surface area contributed by atoms with E-state index in [1.165, 1.54) is 0 Å². The fraction of sp³-hybridized carbons (Fsp3) is 0.412. The minimum Gasteiger partial charge on any atom is -0.492 e. The molecular formula is C17H20ClNO4. The van der Waals surface area contributed by atoms with Crippen LogP contribution in [0.2, 0.25) is 5.02 Å². The molecule has 1 amide bonds. The molecule has 124 valence electrons. The van der Waals surface area contributed by atoms with Crippen molar-refractivity contribution in [1.82, 2.24) is 5.32 Å². The first-order chi connectivity index (χ1) is 11.1. The number of hydrogen-bond donors (Lipinski definition) is 1. The number of hydrogen-bond acceptors (Lipinski definition) is 4. The minimum atomic E-state index is -0.339. The largest absolute Gasteiger partial charge is 0.492 e. The number of nitrogens with one attached hydrogen (secondary N) is 1. The van der Waals surface area contributed by atoms with Gasteiger partial charge in [-0.3, -0.25) is 9.59 Å². The molecule has 5 nitrogen and oxygen atoms in total. The maximum atomic E-state index is 11.6. The summed E-state index contributed by atoms with van der Waals surface area (Å²) in [5, 5.41) is 3.27. The highest BCUT2D eigenvalue weighted by atomic mass is 35.5. The SMILES string of the molecule is O=C(COC(=O)C[C@H]1C=CCC1)NCCOc1ccc(Cl)cc1. The Kier molecular flexibility index (Phi) is 6.94. The second kappa shape index (κ2) is 9.20. The number of carbonyl (C=O) groups is 2. The van der Waals surface area contributed by atoms with Crippen LogP contribution in [0.5, 0.6) is 5.75 Å². The van der Waals surface area contributed by atoms with E-state index in [0.717, 1.165) is 12.8 Å². The van der Waals surface area contributed by atoms with E-state index in [0.29, 0.717) is 30.3 Å². The number of ether oxygens (including phenoxy) is 2. The summed E-state index contributed by atoms with van der Waals surface area (Å²) in [5.74, 6) is 0.257. The summed E-state index contributed by atoms with van der Waals surface area (Å²) in [6.07, 6.45) is 6.40. The van der Waals surface area contributed by atoms with Crippen LogP contribution in [-0.4, -0.2) is 31.6 Å². The lowest BCUT2D eigenvalue weighted by atomic mass is 10.1. The third-order valence-electron chi connectivity index (χ3n) is 3.41. The maximum Gasteiger partial charge on any atom is 0.306 e. The van der Waals surface area contributed by atoms with Gasteiger partial charge in [-0.2, -0.15) is 0 Å². The third-order valence-corrected chi connectivity index (χ3v) is 3.66. The zero-order chi connectivity index (χ0) is 16.5. The Hall–Kier alpha value is -2.01. The Morgan fingerprint density at radius 2 is 2.04 bits per heavy atom. The lowest BCUT2D eigenvalue weighted by Crippen LogP contribution is -2.32. The molecule has 23 heavy (non-hydrogen) atoms. The minimum absolute atomic E-state index is 0.248. The average molecular weight is 338 g/mol. The first kappa shape index (κ1) is 17.3. The molecular weight excluding hydrogens is 318 g/mol. The fourth-order valence-corrected chi connectivity index (χ4v) is 2.35. The van der Waals surface area contributed by atoms with Gasteiger partial charge < -0.3 is 14.8 Å². The van der Waals surface area contributed by atoms with Gasteiger partial charge in [0.15, 0.2) is 6.61 Å². The van der Waals surface area contributed by atoms with Crippen LogP contribution < -0.4 is 10.1 Å². The lowest BCUT2D eigenvalue weighted by Gasteiger charge is -2.09. The maximum absolute atomic E-state index is 11.6. The number of rotatable bonds is 8. The van der Waals surface area contributed by atoms with E-state index in [-0.39, 0.29) is 24.4 Å². The summed E-state index contributed by atoms with van der Waals surface area (Å²) in [5.41, 5.74) is 0. The van der Waals surface area contributed by atoms with E-state index in [4.69, 9.17) is 21.1 Å². The van der Waals surface area contributed by atoms with Crippen LogP contribution in [0.1, 0.15) is 19.3 Å². The fourth-order valence-electron chi connectivity index (χ4n) is 2.23. The van der Waals surface area contributed by atoms with Crippen LogP contribution in [0.3, 0.4) is 0 Å². The van der Waals surface area contributed by atoms with Crippen molar-refractivity contribution in [2.24, 2.45) is 5.92 Å². The van der Waals surface area contributed by atoms with Crippen LogP contribution in [0.15, 0.2) is 36.4 Å². The second-order valence-electron chi connectivity index (χ2n) is 5.28. The molecule has 1 aliphatic carbocycles. The highest BCUT2D eigenvalue weighted by molar-refractivity contribution is 6.30. The third kappa shape index (κ3) is 6.74. The number of amides is 1. The van der Waals surface area contributed by atoms with Crippen molar-refractivity contribution in [3.63, 3.8) is 0 Å². The number of carbonyl (C=O) groups excluding carboxylic acids is 2. The second-order valence-corrected chi connectivity index (χ2v) is 5.72. The molecule has 1 aromatic rings. The van der Waals surface area contributed by atoms with Crippen LogP contribution in [0.25, 0.3) is 0 Å². The van der Waals surface area contributed by atoms with Gasteiger partial charge in [-0.1, -0.05) is 23.8 Å². The molecule has 0 saturated heterocycles. The molecule has 0 bridgehead atoms. The topological polar surface area (TPSA) is 64.6 Å². The monoisotopic (exact) mass is 337 g/mol. The lowest BCUT2D eigenvalue weighted by molar-refractivity contribution is -0.149. The predicted molar refractivity (Wildman–Crippen MR) is 87.4 cm³/mol. The summed E-state index contributed by atoms with van der Waals surface area (Å²) in [4.78, 5) is 23.1. The van der Waals surface area contributed by atoms with Crippen molar-refractivity contribution >= 4 is 23.5 Å². The molecule has 0 heterocycles. The van der Waals surface area contributed by atoms with Gasteiger partial charge in [-0.25, -0.2) is 0 Å². The molecule has 0 aliphatic heterocycles. The summed E-state index contributed by atoms with van der Waals surface area (Å²) < 4.78 is 10.4. The standard InChI is InChI=1S/C17H20ClNO4/c18-14-5-7-15(8-6-14)22-10-9-19-16(20)12-23-17(21)11-13-3-1-2-4-13/h1,3,5-8,13H,2,4,9-12H2,(H,19,20)/t13-/m0/s1. The number of halogens is 1. The Balaban J connectivity index is 1.53. The van der Waals surface area contributed by atoms with Gasteiger partial charge in [0.05, 0.1) is 13.0 Å². The molecule has 1 N–H and O–H groups in total. The highest BCUT2D eigenvalue weighted by Crippen LogP contribution is 2.20. The molecule has 1 aliphatic rings. The highest BCUT2D eigenvalue weighted by Gasteiger charge is 2.15. The van der Waals surface area contributed by atoms with Crippen LogP contribution in [0.4, 0.5) is 0 Å². The molecule has 0 radical (unpaired) electrons. The van der Waals surface area contributed by atoms with Gasteiger partial charge in [0.25, 0.3) is 5.91 Å². The van der Waals surface area contributed by atoms with Crippen LogP contribution in [0, 0.1) is 5.92 Å². The smallest absolute Gasteiger partial charge is 0.306 e. The first-order valence-electron chi connectivity index (χ1n) is 7.61. The first-order valence-corrected chi connectivity index (χ1v) is 7.98. The molecule has 2 rings (SSSR count). The number of allylic oxidation sites excluding steroid dienone is 2. The van der Waals surface area contributed by atoms with Crippen molar-refractivity contribution in [2.45, 2.75) is 19.3 Å². The van der Waals surface area contributed by atoms with Gasteiger partial charge in [0.1, 0.15) is 12.4 Å². The Morgan fingerprint density at radius 1 is 1.26 bits per heavy atom. The Bertz CT molecular complexity index is 556. The van der Waals surface area contributed by atoms with Gasteiger partial charge in [0, 0.05) is 5.02 Å². The van der Waals surface area contributed by atoms with E-state index in [2.05, 4.69) is 11.4 Å². The van der Waals surface area contributed by atoms with E-state index in [1.807, 2.05) is 6.08 Å². The van der Waals surface area contributed by atoms with Crippen molar-refractivity contribution in [1.29, 1.82) is 0 Å². The molecule has 0 spiro atoms. The molecule has 6 heteroatoms. The number of esters is 1. The zero-order valence-corrected chi connectivity index (χ0v) is 13.6. The van der Waals surface area contributed by atoms with Crippen LogP contribution >= 0.6 is 11.6 Å². The summed E-state index contributed by atoms with van der Waals surface area (Å²) >= 11 is 5.77. The average Bonchev–Trinajstić information content (AvgIpc) is 3.04. The molecule has 0 saturated carbocycles. The summed E-state index contributed by atoms with van der Waals surface area (Å²) in [6, 6.07) is 6.97. The zero-order valence-electron chi connectivity index (χ0n) is 12.8. The van der Waals surface area contributed by atoms with Gasteiger partial charge >= 0.3 is 5.97 Å². The Morgan fingerprint density at radius 3 is 2.74 bits per heavy atom. The summed E-state index contributed by atoms with van der Waals surface area (Å²) in [7, 11) is 0. The normalized spacial score (nSPS) is 16.1. The predicted octanol–water partition coefficient (Wildman–Crippen LogP) is 2.73. The van der Waals surface area contributed by atoms with Crippen molar-refractivity contribution in [3.8, 4) is 5.75 Å². The molecule has 0 unspecified atom stereocenters. The molecule has 1 aromatic carbocycles. The van der Waals surface area contributed by atoms with Gasteiger partial charge in [0.2, 0.25) is 0 Å².